The van der Waals surface area contributed by atoms with Gasteiger partial charge in [-0.1, -0.05) is 112 Å². The van der Waals surface area contributed by atoms with Crippen LogP contribution in [0.4, 0.5) is 0 Å². The van der Waals surface area contributed by atoms with Gasteiger partial charge in [0.25, 0.3) is 0 Å². The van der Waals surface area contributed by atoms with Crippen molar-refractivity contribution in [1.29, 1.82) is 0 Å². The maximum absolute atomic E-state index is 13.9. The van der Waals surface area contributed by atoms with Crippen LogP contribution >= 0.6 is 0 Å². The molecule has 0 unspecified atom stereocenters. The molecule has 0 spiro atoms. The molecule has 0 aliphatic carbocycles. The Morgan fingerprint density at radius 2 is 0.475 bits per heavy atom. The van der Waals surface area contributed by atoms with Crippen LogP contribution in [0.15, 0.2) is 0 Å². The Morgan fingerprint density at radius 3 is 0.689 bits per heavy atom. The zero-order valence-corrected chi connectivity index (χ0v) is 43.4. The van der Waals surface area contributed by atoms with Crippen molar-refractivity contribution in [3.63, 3.8) is 0 Å². The van der Waals surface area contributed by atoms with Gasteiger partial charge < -0.3 is 0 Å². The Bertz CT molecular complexity index is 985. The minimum absolute atomic E-state index is 0.0388. The standard InChI is InChI=1S/2C18H36O2.C18H35O.O.Ti/c2*1-17(2)15-13-11-9-7-5-3-4-6-8-10-12-14-16-18(19)20;1-18(2)16-14-12-10-8-6-4-3-5-7-9-11-13-15-17-19;;/h2*17H,3-16H2,1-2H3,(H,19,20);18H,3-16H2,1-2H3;;/q;;;;+2/p-2. The molecule has 61 heavy (non-hydrogen) atoms. The van der Waals surface area contributed by atoms with Crippen LogP contribution in [-0.4, -0.2) is 16.0 Å². The van der Waals surface area contributed by atoms with Crippen molar-refractivity contribution >= 4 is 16.0 Å². The van der Waals surface area contributed by atoms with E-state index in [0.29, 0.717) is 19.3 Å². The van der Waals surface area contributed by atoms with Crippen molar-refractivity contribution in [2.45, 2.75) is 311 Å². The van der Waals surface area contributed by atoms with Gasteiger partial charge in [0.15, 0.2) is 0 Å². The molecule has 0 saturated carbocycles. The molecule has 0 aliphatic heterocycles. The molecule has 0 heterocycles. The second-order valence-corrected chi connectivity index (χ2v) is 23.7. The normalized spacial score (nSPS) is 12.0. The zero-order chi connectivity index (χ0) is 45.1. The summed E-state index contributed by atoms with van der Waals surface area (Å²) in [5.74, 6) is 1.13. The third-order valence-corrected chi connectivity index (χ3v) is 15.6. The van der Waals surface area contributed by atoms with E-state index in [-0.39, 0.29) is 19.3 Å². The first-order chi connectivity index (χ1) is 29.5. The van der Waals surface area contributed by atoms with Gasteiger partial charge in [0, 0.05) is 0 Å². The fourth-order valence-electron chi connectivity index (χ4n) is 8.47. The van der Waals surface area contributed by atoms with Crippen LogP contribution in [-0.2, 0) is 41.7 Å². The van der Waals surface area contributed by atoms with Crippen molar-refractivity contribution in [3.8, 4) is 0 Å². The first kappa shape index (κ1) is 60.1. The minimum Gasteiger partial charge on any atom is -0.0628 e. The van der Waals surface area contributed by atoms with Gasteiger partial charge >= 0.3 is 257 Å². The van der Waals surface area contributed by atoms with Crippen LogP contribution in [0.1, 0.15) is 311 Å². The molecule has 0 radical (unpaired) electrons. The molecule has 0 N–H and O–H groups in total. The van der Waals surface area contributed by atoms with E-state index in [1.54, 1.807) is 0 Å². The van der Waals surface area contributed by atoms with Gasteiger partial charge in [-0.3, -0.25) is 0 Å². The molecular formula is C54H105O6Ti. The smallest absolute Gasteiger partial charge is 0.0628 e. The molecule has 0 aromatic rings. The number of carbonyl (C=O) groups is 3. The first-order valence-corrected chi connectivity index (χ1v) is 29.8. The molecule has 0 fully saturated rings. The van der Waals surface area contributed by atoms with Gasteiger partial charge in [-0.05, 0) is 17.8 Å². The summed E-state index contributed by atoms with van der Waals surface area (Å²) in [7, 11) is 0. The van der Waals surface area contributed by atoms with Gasteiger partial charge in [0.1, 0.15) is 0 Å². The SMILES string of the molecule is CC(C)CCCCCCCCCCCCCCC(=O)[O][Ti](=[O])([O]C(=O)CCCCCCCCCCCCCCC(C)C)[C](=O)CCCCCCCCCCCCCCC(C)C. The predicted molar refractivity (Wildman–Crippen MR) is 256 cm³/mol. The van der Waals surface area contributed by atoms with Gasteiger partial charge in [-0.15, -0.1) is 0 Å². The minimum atomic E-state index is -5.53. The second kappa shape index (κ2) is 44.3. The second-order valence-electron chi connectivity index (χ2n) is 20.5. The van der Waals surface area contributed by atoms with E-state index < -0.39 is 33.4 Å². The summed E-state index contributed by atoms with van der Waals surface area (Å²) >= 11 is -5.53. The predicted octanol–water partition coefficient (Wildman–Crippen LogP) is 18.3. The fraction of sp³-hybridized carbons (Fsp3) is 0.944. The molecule has 0 amide bonds. The van der Waals surface area contributed by atoms with Crippen molar-refractivity contribution < 1.29 is 41.7 Å². The Balaban J connectivity index is 4.49. The van der Waals surface area contributed by atoms with E-state index in [1.807, 2.05) is 0 Å². The molecule has 361 valence electrons. The van der Waals surface area contributed by atoms with Crippen molar-refractivity contribution in [2.75, 3.05) is 0 Å². The molecule has 7 heteroatoms. The number of hydrogen-bond donors (Lipinski definition) is 0. The van der Waals surface area contributed by atoms with Crippen LogP contribution in [0.25, 0.3) is 0 Å². The molecule has 0 aliphatic rings. The van der Waals surface area contributed by atoms with Crippen LogP contribution in [0.3, 0.4) is 0 Å². The third-order valence-electron chi connectivity index (χ3n) is 12.6. The molecule has 0 atom stereocenters. The molecule has 0 saturated heterocycles. The summed E-state index contributed by atoms with van der Waals surface area (Å²) in [5.41, 5.74) is 0. The molecule has 0 aromatic carbocycles. The molecule has 0 aromatic heterocycles. The number of carbonyl (C=O) groups excluding carboxylic acids is 3. The topological polar surface area (TPSA) is 86.7 Å². The summed E-state index contributed by atoms with van der Waals surface area (Å²) < 4.78 is 24.0. The van der Waals surface area contributed by atoms with E-state index in [2.05, 4.69) is 41.5 Å². The van der Waals surface area contributed by atoms with Crippen LogP contribution in [0, 0.1) is 17.8 Å². The van der Waals surface area contributed by atoms with Gasteiger partial charge in [0.05, 0.1) is 0 Å². The average Bonchev–Trinajstić information content (AvgIpc) is 3.20. The molecular weight excluding hydrogens is 792 g/mol. The number of hydrogen-bond acceptors (Lipinski definition) is 6. The van der Waals surface area contributed by atoms with E-state index >= 15 is 0 Å². The zero-order valence-electron chi connectivity index (χ0n) is 41.9. The van der Waals surface area contributed by atoms with Crippen LogP contribution in [0.5, 0.6) is 0 Å². The Morgan fingerprint density at radius 1 is 0.295 bits per heavy atom. The maximum atomic E-state index is 13.9. The Hall–Kier alpha value is -0.876. The number of rotatable bonds is 48. The van der Waals surface area contributed by atoms with Gasteiger partial charge in [0.2, 0.25) is 0 Å². The quantitative estimate of drug-likeness (QED) is 0.0447. The summed E-state index contributed by atoms with van der Waals surface area (Å²) in [5, 5.41) is 0. The first-order valence-electron chi connectivity index (χ1n) is 27.1. The van der Waals surface area contributed by atoms with E-state index in [9.17, 15) is 17.7 Å². The van der Waals surface area contributed by atoms with Crippen molar-refractivity contribution in [1.82, 2.24) is 0 Å². The van der Waals surface area contributed by atoms with Crippen LogP contribution in [0.2, 0.25) is 0 Å². The number of unbranched alkanes of at least 4 members (excludes halogenated alkanes) is 33. The summed E-state index contributed by atoms with van der Waals surface area (Å²) in [6.45, 7) is 13.8. The monoisotopic (exact) mass is 898 g/mol. The van der Waals surface area contributed by atoms with Crippen molar-refractivity contribution in [2.24, 2.45) is 17.8 Å². The Labute approximate surface area is 384 Å². The van der Waals surface area contributed by atoms with E-state index in [4.69, 9.17) is 6.64 Å². The average molecular weight is 898 g/mol. The molecule has 6 nitrogen and oxygen atoms in total. The van der Waals surface area contributed by atoms with Gasteiger partial charge in [-0.2, -0.15) is 0 Å². The molecule has 0 bridgehead atoms. The fourth-order valence-corrected chi connectivity index (χ4v) is 10.9. The van der Waals surface area contributed by atoms with Crippen LogP contribution < -0.4 is 0 Å². The van der Waals surface area contributed by atoms with Gasteiger partial charge in [-0.25, -0.2) is 0 Å². The Kier molecular flexibility index (Phi) is 43.7. The van der Waals surface area contributed by atoms with E-state index in [1.165, 1.54) is 173 Å². The van der Waals surface area contributed by atoms with Crippen molar-refractivity contribution in [3.05, 3.63) is 0 Å². The molecule has 0 rings (SSSR count). The summed E-state index contributed by atoms with van der Waals surface area (Å²) in [4.78, 5) is 39.1. The third kappa shape index (κ3) is 44.1. The summed E-state index contributed by atoms with van der Waals surface area (Å²) in [6, 6.07) is 0. The van der Waals surface area contributed by atoms with E-state index in [0.717, 1.165) is 75.5 Å². The summed E-state index contributed by atoms with van der Waals surface area (Å²) in [6.07, 6.45) is 47.0.